The minimum atomic E-state index is -3.50. The van der Waals surface area contributed by atoms with Crippen LogP contribution in [0, 0.1) is 5.92 Å². The molecule has 1 aliphatic carbocycles. The van der Waals surface area contributed by atoms with Gasteiger partial charge in [-0.1, -0.05) is 19.8 Å². The molecule has 1 amide bonds. The van der Waals surface area contributed by atoms with Crippen LogP contribution in [0.5, 0.6) is 0 Å². The second-order valence-corrected chi connectivity index (χ2v) is 10.1. The highest BCUT2D eigenvalue weighted by atomic mass is 32.2. The molecule has 1 fully saturated rings. The van der Waals surface area contributed by atoms with Crippen molar-refractivity contribution in [3.63, 3.8) is 0 Å². The van der Waals surface area contributed by atoms with Gasteiger partial charge in [0, 0.05) is 40.0 Å². The smallest absolute Gasteiger partial charge is 0.242 e. The number of benzene rings is 1. The summed E-state index contributed by atoms with van der Waals surface area (Å²) in [5, 5.41) is 3.17. The maximum Gasteiger partial charge on any atom is 0.242 e. The number of rotatable bonds is 6. The van der Waals surface area contributed by atoms with Gasteiger partial charge in [-0.15, -0.1) is 0 Å². The van der Waals surface area contributed by atoms with E-state index in [4.69, 9.17) is 0 Å². The summed E-state index contributed by atoms with van der Waals surface area (Å²) in [6, 6.07) is 5.24. The van der Waals surface area contributed by atoms with Crippen LogP contribution >= 0.6 is 0 Å². The molecule has 8 heteroatoms. The summed E-state index contributed by atoms with van der Waals surface area (Å²) < 4.78 is 27.8. The van der Waals surface area contributed by atoms with Crippen molar-refractivity contribution in [2.45, 2.75) is 56.4 Å². The van der Waals surface area contributed by atoms with E-state index < -0.39 is 10.0 Å². The van der Waals surface area contributed by atoms with Gasteiger partial charge in [-0.3, -0.25) is 4.79 Å². The van der Waals surface area contributed by atoms with Crippen molar-refractivity contribution in [1.82, 2.24) is 19.2 Å². The lowest BCUT2D eigenvalue weighted by molar-refractivity contribution is -0.122. The number of amides is 1. The molecule has 1 saturated carbocycles. The highest BCUT2D eigenvalue weighted by Crippen LogP contribution is 2.24. The first-order valence-corrected chi connectivity index (χ1v) is 11.3. The lowest BCUT2D eigenvalue weighted by Crippen LogP contribution is -2.41. The number of sulfonamides is 1. The number of imidazole rings is 1. The molecule has 0 spiro atoms. The van der Waals surface area contributed by atoms with E-state index in [1.807, 2.05) is 11.6 Å². The molecule has 1 heterocycles. The summed E-state index contributed by atoms with van der Waals surface area (Å²) >= 11 is 0. The topological polar surface area (TPSA) is 84.3 Å². The maximum atomic E-state index is 12.4. The molecule has 7 nitrogen and oxygen atoms in total. The van der Waals surface area contributed by atoms with Crippen molar-refractivity contribution < 1.29 is 13.2 Å². The van der Waals surface area contributed by atoms with Crippen LogP contribution in [0.4, 0.5) is 0 Å². The first-order chi connectivity index (χ1) is 13.2. The number of hydrogen-bond donors (Lipinski definition) is 1. The summed E-state index contributed by atoms with van der Waals surface area (Å²) in [4.78, 5) is 17.2. The molecule has 28 heavy (non-hydrogen) atoms. The van der Waals surface area contributed by atoms with Gasteiger partial charge in [0.25, 0.3) is 0 Å². The molecule has 1 aliphatic rings. The Morgan fingerprint density at radius 2 is 2.00 bits per heavy atom. The summed E-state index contributed by atoms with van der Waals surface area (Å²) in [6.45, 7) is 2.20. The van der Waals surface area contributed by atoms with Crippen LogP contribution in [-0.4, -0.2) is 48.3 Å². The van der Waals surface area contributed by atoms with E-state index in [2.05, 4.69) is 17.2 Å². The van der Waals surface area contributed by atoms with Crippen LogP contribution in [0.25, 0.3) is 11.0 Å². The van der Waals surface area contributed by atoms with E-state index in [1.54, 1.807) is 18.2 Å². The Hall–Kier alpha value is -1.93. The zero-order chi connectivity index (χ0) is 20.5. The standard InChI is InChI=1S/C20H30N4O3S/c1-14-7-5-6-8-16(14)22-20(25)12-11-19-21-17-13-15(28(26,27)23(2)3)9-10-18(17)24(19)4/h9-10,13-14,16H,5-8,11-12H2,1-4H3,(H,22,25)/t14-,16+/m1/s1. The van der Waals surface area contributed by atoms with Crippen LogP contribution in [0.1, 0.15) is 44.9 Å². The quantitative estimate of drug-likeness (QED) is 0.799. The van der Waals surface area contributed by atoms with Crippen molar-refractivity contribution in [3.8, 4) is 0 Å². The molecular weight excluding hydrogens is 376 g/mol. The molecule has 0 unspecified atom stereocenters. The Bertz CT molecular complexity index is 965. The molecule has 2 aromatic rings. The lowest BCUT2D eigenvalue weighted by Gasteiger charge is -2.29. The van der Waals surface area contributed by atoms with Crippen LogP contribution in [0.3, 0.4) is 0 Å². The van der Waals surface area contributed by atoms with Gasteiger partial charge >= 0.3 is 0 Å². The third-order valence-corrected chi connectivity index (χ3v) is 7.57. The van der Waals surface area contributed by atoms with Crippen LogP contribution < -0.4 is 5.32 Å². The molecular formula is C20H30N4O3S. The molecule has 2 atom stereocenters. The largest absolute Gasteiger partial charge is 0.353 e. The van der Waals surface area contributed by atoms with E-state index in [9.17, 15) is 13.2 Å². The van der Waals surface area contributed by atoms with Crippen molar-refractivity contribution in [1.29, 1.82) is 0 Å². The highest BCUT2D eigenvalue weighted by molar-refractivity contribution is 7.89. The number of aryl methyl sites for hydroxylation is 2. The predicted octanol–water partition coefficient (Wildman–Crippen LogP) is 2.45. The van der Waals surface area contributed by atoms with Crippen molar-refractivity contribution in [2.75, 3.05) is 14.1 Å². The molecule has 0 aliphatic heterocycles. The first-order valence-electron chi connectivity index (χ1n) is 9.87. The van der Waals surface area contributed by atoms with Gasteiger partial charge in [0.05, 0.1) is 15.9 Å². The van der Waals surface area contributed by atoms with Gasteiger partial charge in [0.1, 0.15) is 5.82 Å². The van der Waals surface area contributed by atoms with Crippen molar-refractivity contribution in [2.24, 2.45) is 13.0 Å². The molecule has 0 bridgehead atoms. The summed E-state index contributed by atoms with van der Waals surface area (Å²) in [5.74, 6) is 1.37. The van der Waals surface area contributed by atoms with Gasteiger partial charge < -0.3 is 9.88 Å². The van der Waals surface area contributed by atoms with Gasteiger partial charge in [0.2, 0.25) is 15.9 Å². The van der Waals surface area contributed by atoms with Gasteiger partial charge in [-0.2, -0.15) is 0 Å². The van der Waals surface area contributed by atoms with Crippen LogP contribution in [0.2, 0.25) is 0 Å². The Morgan fingerprint density at radius 3 is 2.68 bits per heavy atom. The number of carbonyl (C=O) groups excluding carboxylic acids is 1. The zero-order valence-electron chi connectivity index (χ0n) is 17.1. The minimum absolute atomic E-state index is 0.0571. The van der Waals surface area contributed by atoms with Gasteiger partial charge in [-0.05, 0) is 37.0 Å². The third kappa shape index (κ3) is 4.22. The summed E-state index contributed by atoms with van der Waals surface area (Å²) in [7, 11) is 1.41. The molecule has 3 rings (SSSR count). The average molecular weight is 407 g/mol. The maximum absolute atomic E-state index is 12.4. The lowest BCUT2D eigenvalue weighted by atomic mass is 9.86. The predicted molar refractivity (Wildman–Crippen MR) is 109 cm³/mol. The zero-order valence-corrected chi connectivity index (χ0v) is 17.9. The van der Waals surface area contributed by atoms with Crippen molar-refractivity contribution in [3.05, 3.63) is 24.0 Å². The molecule has 1 aromatic carbocycles. The van der Waals surface area contributed by atoms with E-state index in [0.717, 1.165) is 17.8 Å². The minimum Gasteiger partial charge on any atom is -0.353 e. The second-order valence-electron chi connectivity index (χ2n) is 7.96. The SMILES string of the molecule is C[C@@H]1CCCC[C@@H]1NC(=O)CCc1nc2cc(S(=O)(=O)N(C)C)ccc2n1C. The monoisotopic (exact) mass is 406 g/mol. The number of fused-ring (bicyclic) bond motifs is 1. The number of carbonyl (C=O) groups is 1. The molecule has 1 N–H and O–H groups in total. The Morgan fingerprint density at radius 1 is 1.29 bits per heavy atom. The van der Waals surface area contributed by atoms with Crippen molar-refractivity contribution >= 4 is 27.0 Å². The highest BCUT2D eigenvalue weighted by Gasteiger charge is 2.23. The van der Waals surface area contributed by atoms with Crippen LogP contribution in [-0.2, 0) is 28.3 Å². The summed E-state index contributed by atoms with van der Waals surface area (Å²) in [5.41, 5.74) is 1.48. The number of hydrogen-bond acceptors (Lipinski definition) is 4. The number of aromatic nitrogens is 2. The fraction of sp³-hybridized carbons (Fsp3) is 0.600. The average Bonchev–Trinajstić information content (AvgIpc) is 2.97. The number of nitrogens with zero attached hydrogens (tertiary/aromatic N) is 3. The third-order valence-electron chi connectivity index (χ3n) is 5.76. The number of nitrogens with one attached hydrogen (secondary N) is 1. The summed E-state index contributed by atoms with van der Waals surface area (Å²) in [6.07, 6.45) is 5.56. The fourth-order valence-electron chi connectivity index (χ4n) is 3.86. The Labute approximate surface area is 167 Å². The van der Waals surface area contributed by atoms with E-state index in [-0.39, 0.29) is 16.8 Å². The fourth-order valence-corrected chi connectivity index (χ4v) is 4.78. The van der Waals surface area contributed by atoms with E-state index in [1.165, 1.54) is 37.7 Å². The second kappa shape index (κ2) is 8.21. The first kappa shape index (κ1) is 20.8. The molecule has 1 aromatic heterocycles. The van der Waals surface area contributed by atoms with Gasteiger partial charge in [0.15, 0.2) is 0 Å². The Kier molecular flexibility index (Phi) is 6.09. The van der Waals surface area contributed by atoms with E-state index in [0.29, 0.717) is 24.3 Å². The molecule has 154 valence electrons. The normalized spacial score (nSPS) is 20.6. The van der Waals surface area contributed by atoms with E-state index >= 15 is 0 Å². The van der Waals surface area contributed by atoms with Crippen LogP contribution in [0.15, 0.2) is 23.1 Å². The molecule has 0 saturated heterocycles. The molecule has 0 radical (unpaired) electrons. The van der Waals surface area contributed by atoms with Gasteiger partial charge in [-0.25, -0.2) is 17.7 Å². The Balaban J connectivity index is 1.71.